The van der Waals surface area contributed by atoms with Gasteiger partial charge in [0.15, 0.2) is 5.82 Å². The van der Waals surface area contributed by atoms with Gasteiger partial charge in [-0.25, -0.2) is 9.78 Å². The number of aromatic nitrogens is 1. The first kappa shape index (κ1) is 13.5. The SMILES string of the molecule is CC(C)OC(=O)N1CCN(c2ncccc2N)CC1. The Hall–Kier alpha value is -1.98. The summed E-state index contributed by atoms with van der Waals surface area (Å²) in [4.78, 5) is 19.9. The number of amides is 1. The molecule has 104 valence electrons. The molecule has 1 aromatic rings. The lowest BCUT2D eigenvalue weighted by Crippen LogP contribution is -2.49. The van der Waals surface area contributed by atoms with Crippen LogP contribution in [0.4, 0.5) is 16.3 Å². The average Bonchev–Trinajstić information content (AvgIpc) is 2.39. The number of nitrogens with two attached hydrogens (primary N) is 1. The van der Waals surface area contributed by atoms with Gasteiger partial charge in [0, 0.05) is 32.4 Å². The van der Waals surface area contributed by atoms with Crippen LogP contribution in [0.5, 0.6) is 0 Å². The van der Waals surface area contributed by atoms with E-state index in [-0.39, 0.29) is 12.2 Å². The van der Waals surface area contributed by atoms with Gasteiger partial charge in [-0.05, 0) is 26.0 Å². The van der Waals surface area contributed by atoms with E-state index in [1.807, 2.05) is 26.0 Å². The van der Waals surface area contributed by atoms with Crippen molar-refractivity contribution >= 4 is 17.6 Å². The molecule has 0 saturated carbocycles. The molecule has 1 aliphatic heterocycles. The Balaban J connectivity index is 1.93. The quantitative estimate of drug-likeness (QED) is 0.872. The van der Waals surface area contributed by atoms with Crippen molar-refractivity contribution in [1.82, 2.24) is 9.88 Å². The van der Waals surface area contributed by atoms with Gasteiger partial charge >= 0.3 is 6.09 Å². The van der Waals surface area contributed by atoms with Crippen molar-refractivity contribution in [1.29, 1.82) is 0 Å². The van der Waals surface area contributed by atoms with Crippen LogP contribution >= 0.6 is 0 Å². The molecular formula is C13H20N4O2. The number of pyridine rings is 1. The monoisotopic (exact) mass is 264 g/mol. The third-order valence-corrected chi connectivity index (χ3v) is 2.99. The summed E-state index contributed by atoms with van der Waals surface area (Å²) >= 11 is 0. The van der Waals surface area contributed by atoms with Gasteiger partial charge in [-0.1, -0.05) is 0 Å². The lowest BCUT2D eigenvalue weighted by molar-refractivity contribution is 0.0751. The summed E-state index contributed by atoms with van der Waals surface area (Å²) in [6, 6.07) is 3.65. The normalized spacial score (nSPS) is 15.7. The van der Waals surface area contributed by atoms with Crippen molar-refractivity contribution in [2.75, 3.05) is 36.8 Å². The van der Waals surface area contributed by atoms with Crippen molar-refractivity contribution < 1.29 is 9.53 Å². The molecule has 0 unspecified atom stereocenters. The lowest BCUT2D eigenvalue weighted by atomic mass is 10.3. The summed E-state index contributed by atoms with van der Waals surface area (Å²) in [5.41, 5.74) is 6.57. The lowest BCUT2D eigenvalue weighted by Gasteiger charge is -2.35. The molecule has 1 aliphatic rings. The van der Waals surface area contributed by atoms with E-state index in [0.717, 1.165) is 5.82 Å². The highest BCUT2D eigenvalue weighted by molar-refractivity contribution is 5.69. The molecule has 2 heterocycles. The highest BCUT2D eigenvalue weighted by Gasteiger charge is 2.24. The Bertz CT molecular complexity index is 442. The van der Waals surface area contributed by atoms with E-state index in [1.165, 1.54) is 0 Å². The zero-order valence-corrected chi connectivity index (χ0v) is 11.4. The van der Waals surface area contributed by atoms with Crippen molar-refractivity contribution in [3.05, 3.63) is 18.3 Å². The predicted octanol–water partition coefficient (Wildman–Crippen LogP) is 1.33. The van der Waals surface area contributed by atoms with Gasteiger partial charge in [-0.3, -0.25) is 0 Å². The van der Waals surface area contributed by atoms with Crippen molar-refractivity contribution in [3.8, 4) is 0 Å². The number of hydrogen-bond donors (Lipinski definition) is 1. The Morgan fingerprint density at radius 1 is 1.37 bits per heavy atom. The fourth-order valence-electron chi connectivity index (χ4n) is 2.05. The topological polar surface area (TPSA) is 71.7 Å². The van der Waals surface area contributed by atoms with E-state index >= 15 is 0 Å². The molecule has 1 fully saturated rings. The summed E-state index contributed by atoms with van der Waals surface area (Å²) in [5, 5.41) is 0. The number of nitrogen functional groups attached to an aromatic ring is 1. The summed E-state index contributed by atoms with van der Waals surface area (Å²) in [6.45, 7) is 6.39. The Kier molecular flexibility index (Phi) is 4.09. The van der Waals surface area contributed by atoms with E-state index in [2.05, 4.69) is 9.88 Å². The summed E-state index contributed by atoms with van der Waals surface area (Å²) in [7, 11) is 0. The molecule has 6 heteroatoms. The molecule has 0 spiro atoms. The van der Waals surface area contributed by atoms with E-state index in [0.29, 0.717) is 31.9 Å². The van der Waals surface area contributed by atoms with Crippen LogP contribution in [-0.4, -0.2) is 48.3 Å². The van der Waals surface area contributed by atoms with Crippen LogP contribution in [0, 0.1) is 0 Å². The zero-order valence-electron chi connectivity index (χ0n) is 11.4. The first-order chi connectivity index (χ1) is 9.08. The highest BCUT2D eigenvalue weighted by atomic mass is 16.6. The van der Waals surface area contributed by atoms with Gasteiger partial charge in [0.05, 0.1) is 11.8 Å². The number of piperazine rings is 1. The molecule has 1 aromatic heterocycles. The molecule has 0 radical (unpaired) electrons. The fourth-order valence-corrected chi connectivity index (χ4v) is 2.05. The van der Waals surface area contributed by atoms with Gasteiger partial charge in [0.25, 0.3) is 0 Å². The van der Waals surface area contributed by atoms with Gasteiger partial charge in [0.2, 0.25) is 0 Å². The maximum atomic E-state index is 11.8. The van der Waals surface area contributed by atoms with Crippen LogP contribution in [0.3, 0.4) is 0 Å². The van der Waals surface area contributed by atoms with E-state index in [9.17, 15) is 4.79 Å². The van der Waals surface area contributed by atoms with Crippen LogP contribution < -0.4 is 10.6 Å². The second-order valence-electron chi connectivity index (χ2n) is 4.82. The molecule has 1 amide bonds. The number of hydrogen-bond acceptors (Lipinski definition) is 5. The number of anilines is 2. The summed E-state index contributed by atoms with van der Waals surface area (Å²) in [6.07, 6.45) is 1.39. The molecule has 6 nitrogen and oxygen atoms in total. The maximum Gasteiger partial charge on any atom is 0.410 e. The molecule has 0 aliphatic carbocycles. The third-order valence-electron chi connectivity index (χ3n) is 2.99. The van der Waals surface area contributed by atoms with Gasteiger partial charge in [-0.2, -0.15) is 0 Å². The first-order valence-electron chi connectivity index (χ1n) is 6.49. The standard InChI is InChI=1S/C13H20N4O2/c1-10(2)19-13(18)17-8-6-16(7-9-17)12-11(14)4-3-5-15-12/h3-5,10H,6-9,14H2,1-2H3. The largest absolute Gasteiger partial charge is 0.447 e. The third kappa shape index (κ3) is 3.27. The molecule has 1 saturated heterocycles. The van der Waals surface area contributed by atoms with Crippen LogP contribution in [0.25, 0.3) is 0 Å². The highest BCUT2D eigenvalue weighted by Crippen LogP contribution is 2.20. The first-order valence-corrected chi connectivity index (χ1v) is 6.49. The van der Waals surface area contributed by atoms with E-state index in [4.69, 9.17) is 10.5 Å². The molecule has 2 rings (SSSR count). The van der Waals surface area contributed by atoms with Crippen LogP contribution in [-0.2, 0) is 4.74 Å². The number of ether oxygens (including phenoxy) is 1. The Morgan fingerprint density at radius 3 is 2.63 bits per heavy atom. The van der Waals surface area contributed by atoms with Crippen molar-refractivity contribution in [2.24, 2.45) is 0 Å². The minimum Gasteiger partial charge on any atom is -0.447 e. The number of nitrogens with zero attached hydrogens (tertiary/aromatic N) is 3. The average molecular weight is 264 g/mol. The molecule has 0 aromatic carbocycles. The second kappa shape index (κ2) is 5.77. The molecule has 0 bridgehead atoms. The predicted molar refractivity (Wildman–Crippen MR) is 74.1 cm³/mol. The van der Waals surface area contributed by atoms with Gasteiger partial charge in [0.1, 0.15) is 0 Å². The molecule has 0 atom stereocenters. The van der Waals surface area contributed by atoms with E-state index < -0.39 is 0 Å². The Labute approximate surface area is 113 Å². The van der Waals surface area contributed by atoms with E-state index in [1.54, 1.807) is 11.1 Å². The van der Waals surface area contributed by atoms with Crippen LogP contribution in [0.15, 0.2) is 18.3 Å². The minimum absolute atomic E-state index is 0.0861. The summed E-state index contributed by atoms with van der Waals surface area (Å²) < 4.78 is 5.18. The number of carbonyl (C=O) groups excluding carboxylic acids is 1. The fraction of sp³-hybridized carbons (Fsp3) is 0.538. The number of rotatable bonds is 2. The molecule has 2 N–H and O–H groups in total. The van der Waals surface area contributed by atoms with Gasteiger partial charge in [-0.15, -0.1) is 0 Å². The smallest absolute Gasteiger partial charge is 0.410 e. The maximum absolute atomic E-state index is 11.8. The van der Waals surface area contributed by atoms with Gasteiger partial charge < -0.3 is 20.3 Å². The number of carbonyl (C=O) groups is 1. The Morgan fingerprint density at radius 2 is 2.05 bits per heavy atom. The summed E-state index contributed by atoms with van der Waals surface area (Å²) in [5.74, 6) is 0.791. The van der Waals surface area contributed by atoms with Crippen LogP contribution in [0.1, 0.15) is 13.8 Å². The molecule has 19 heavy (non-hydrogen) atoms. The minimum atomic E-state index is -0.247. The van der Waals surface area contributed by atoms with Crippen molar-refractivity contribution in [2.45, 2.75) is 20.0 Å². The zero-order chi connectivity index (χ0) is 13.8. The van der Waals surface area contributed by atoms with Crippen LogP contribution in [0.2, 0.25) is 0 Å². The second-order valence-corrected chi connectivity index (χ2v) is 4.82. The molecular weight excluding hydrogens is 244 g/mol. The van der Waals surface area contributed by atoms with Crippen molar-refractivity contribution in [3.63, 3.8) is 0 Å².